The summed E-state index contributed by atoms with van der Waals surface area (Å²) in [7, 11) is 0. The molecule has 0 atom stereocenters. The van der Waals surface area contributed by atoms with Crippen LogP contribution in [-0.2, 0) is 12.6 Å². The molecule has 0 saturated heterocycles. The van der Waals surface area contributed by atoms with Crippen LogP contribution in [0.4, 0.5) is 13.2 Å². The van der Waals surface area contributed by atoms with E-state index in [0.29, 0.717) is 19.1 Å². The van der Waals surface area contributed by atoms with Gasteiger partial charge in [0.1, 0.15) is 5.69 Å². The Morgan fingerprint density at radius 1 is 1.40 bits per heavy atom. The summed E-state index contributed by atoms with van der Waals surface area (Å²) in [6.45, 7) is 1.82. The third-order valence-corrected chi connectivity index (χ3v) is 1.91. The zero-order valence-corrected chi connectivity index (χ0v) is 8.14. The molecule has 1 aromatic heterocycles. The molecule has 0 bridgehead atoms. The molecule has 5 heteroatoms. The largest absolute Gasteiger partial charge is 0.433 e. The van der Waals surface area contributed by atoms with Crippen LogP contribution in [-0.4, -0.2) is 11.3 Å². The van der Waals surface area contributed by atoms with Gasteiger partial charge in [-0.2, -0.15) is 13.2 Å². The first-order valence-electron chi connectivity index (χ1n) is 4.51. The fourth-order valence-corrected chi connectivity index (χ4v) is 1.21. The number of alkyl halides is 3. The highest BCUT2D eigenvalue weighted by Crippen LogP contribution is 2.28. The Morgan fingerprint density at radius 3 is 2.53 bits per heavy atom. The topological polar surface area (TPSA) is 30.0 Å². The molecule has 0 fully saturated rings. The second-order valence-electron chi connectivity index (χ2n) is 3.10. The number of hydrogen-bond donors (Lipinski definition) is 0. The van der Waals surface area contributed by atoms with Crippen LogP contribution in [0.5, 0.6) is 0 Å². The van der Waals surface area contributed by atoms with Crippen LogP contribution >= 0.6 is 0 Å². The molecule has 1 heterocycles. The second kappa shape index (κ2) is 4.42. The lowest BCUT2D eigenvalue weighted by Gasteiger charge is -2.08. The number of aromatic nitrogens is 1. The van der Waals surface area contributed by atoms with Crippen molar-refractivity contribution >= 4 is 6.29 Å². The minimum Gasteiger partial charge on any atom is -0.298 e. The Kier molecular flexibility index (Phi) is 3.44. The molecule has 0 N–H and O–H groups in total. The van der Waals surface area contributed by atoms with Crippen molar-refractivity contribution in [1.29, 1.82) is 0 Å². The molecule has 0 aliphatic carbocycles. The number of halogens is 3. The van der Waals surface area contributed by atoms with E-state index in [0.717, 1.165) is 12.1 Å². The molecular weight excluding hydrogens is 207 g/mol. The maximum atomic E-state index is 12.3. The lowest BCUT2D eigenvalue weighted by molar-refractivity contribution is -0.141. The maximum Gasteiger partial charge on any atom is 0.433 e. The van der Waals surface area contributed by atoms with E-state index in [1.807, 2.05) is 6.92 Å². The first-order chi connectivity index (χ1) is 6.99. The summed E-state index contributed by atoms with van der Waals surface area (Å²) in [5, 5.41) is 0. The summed E-state index contributed by atoms with van der Waals surface area (Å²) in [6, 6.07) is 1.98. The number of carbonyl (C=O) groups is 1. The molecule has 0 spiro atoms. The van der Waals surface area contributed by atoms with Gasteiger partial charge in [0.15, 0.2) is 6.29 Å². The van der Waals surface area contributed by atoms with Gasteiger partial charge in [-0.1, -0.05) is 13.3 Å². The van der Waals surface area contributed by atoms with Gasteiger partial charge in [0.25, 0.3) is 0 Å². The molecule has 2 nitrogen and oxygen atoms in total. The van der Waals surface area contributed by atoms with E-state index in [1.54, 1.807) is 0 Å². The molecule has 0 unspecified atom stereocenters. The minimum atomic E-state index is -4.45. The molecule has 0 radical (unpaired) electrons. The highest BCUT2D eigenvalue weighted by Gasteiger charge is 2.32. The number of nitrogens with zero attached hydrogens (tertiary/aromatic N) is 1. The summed E-state index contributed by atoms with van der Waals surface area (Å²) in [4.78, 5) is 14.0. The summed E-state index contributed by atoms with van der Waals surface area (Å²) in [5.74, 6) is 0. The van der Waals surface area contributed by atoms with Crippen LogP contribution in [0, 0.1) is 0 Å². The number of rotatable bonds is 3. The van der Waals surface area contributed by atoms with Crippen molar-refractivity contribution in [3.8, 4) is 0 Å². The van der Waals surface area contributed by atoms with Gasteiger partial charge in [0, 0.05) is 5.56 Å². The van der Waals surface area contributed by atoms with Crippen molar-refractivity contribution in [2.75, 3.05) is 0 Å². The lowest BCUT2D eigenvalue weighted by Crippen LogP contribution is -2.10. The van der Waals surface area contributed by atoms with Crippen LogP contribution in [0.25, 0.3) is 0 Å². The first-order valence-corrected chi connectivity index (χ1v) is 4.51. The Balaban J connectivity index is 3.15. The van der Waals surface area contributed by atoms with E-state index in [9.17, 15) is 18.0 Å². The fourth-order valence-electron chi connectivity index (χ4n) is 1.21. The third kappa shape index (κ3) is 2.78. The first kappa shape index (κ1) is 11.7. The molecule has 82 valence electrons. The highest BCUT2D eigenvalue weighted by atomic mass is 19.4. The Hall–Kier alpha value is -1.39. The molecule has 0 amide bonds. The van der Waals surface area contributed by atoms with Crippen molar-refractivity contribution < 1.29 is 18.0 Å². The van der Waals surface area contributed by atoms with E-state index < -0.39 is 11.9 Å². The number of pyridine rings is 1. The SMILES string of the molecule is CCCc1nc(C(F)(F)F)ccc1C=O. The molecule has 15 heavy (non-hydrogen) atoms. The van der Waals surface area contributed by atoms with Crippen LogP contribution in [0.1, 0.15) is 35.1 Å². The van der Waals surface area contributed by atoms with E-state index in [1.165, 1.54) is 0 Å². The third-order valence-electron chi connectivity index (χ3n) is 1.91. The monoisotopic (exact) mass is 217 g/mol. The molecule has 0 aromatic carbocycles. The summed E-state index contributed by atoms with van der Waals surface area (Å²) >= 11 is 0. The molecular formula is C10H10F3NO. The van der Waals surface area contributed by atoms with Gasteiger partial charge in [-0.25, -0.2) is 4.98 Å². The van der Waals surface area contributed by atoms with Crippen molar-refractivity contribution in [2.24, 2.45) is 0 Å². The Bertz CT molecular complexity index is 360. The van der Waals surface area contributed by atoms with E-state index in [2.05, 4.69) is 4.98 Å². The standard InChI is InChI=1S/C10H10F3NO/c1-2-3-8-7(6-15)4-5-9(14-8)10(11,12)13/h4-6H,2-3H2,1H3. The number of hydrogen-bond acceptors (Lipinski definition) is 2. The number of aryl methyl sites for hydroxylation is 1. The molecule has 0 saturated carbocycles. The number of aldehydes is 1. The molecule has 0 aliphatic heterocycles. The van der Waals surface area contributed by atoms with Gasteiger partial charge in [0.2, 0.25) is 0 Å². The van der Waals surface area contributed by atoms with Crippen LogP contribution in [0.3, 0.4) is 0 Å². The Morgan fingerprint density at radius 2 is 2.07 bits per heavy atom. The quantitative estimate of drug-likeness (QED) is 0.728. The normalized spacial score (nSPS) is 11.5. The van der Waals surface area contributed by atoms with E-state index >= 15 is 0 Å². The minimum absolute atomic E-state index is 0.210. The van der Waals surface area contributed by atoms with Crippen molar-refractivity contribution in [3.05, 3.63) is 29.1 Å². The highest BCUT2D eigenvalue weighted by molar-refractivity contribution is 5.76. The van der Waals surface area contributed by atoms with Crippen molar-refractivity contribution in [2.45, 2.75) is 25.9 Å². The van der Waals surface area contributed by atoms with Crippen molar-refractivity contribution in [1.82, 2.24) is 4.98 Å². The molecule has 1 aromatic rings. The molecule has 0 aliphatic rings. The van der Waals surface area contributed by atoms with Gasteiger partial charge < -0.3 is 0 Å². The average Bonchev–Trinajstić information content (AvgIpc) is 2.17. The summed E-state index contributed by atoms with van der Waals surface area (Å²) < 4.78 is 36.9. The van der Waals surface area contributed by atoms with Crippen LogP contribution in [0.2, 0.25) is 0 Å². The Labute approximate surface area is 85.1 Å². The van der Waals surface area contributed by atoms with Gasteiger partial charge in [-0.3, -0.25) is 4.79 Å². The maximum absolute atomic E-state index is 12.3. The number of carbonyl (C=O) groups excluding carboxylic acids is 1. The van der Waals surface area contributed by atoms with E-state index in [4.69, 9.17) is 0 Å². The van der Waals surface area contributed by atoms with Gasteiger partial charge >= 0.3 is 6.18 Å². The van der Waals surface area contributed by atoms with Gasteiger partial charge in [-0.15, -0.1) is 0 Å². The van der Waals surface area contributed by atoms with Gasteiger partial charge in [0.05, 0.1) is 5.69 Å². The van der Waals surface area contributed by atoms with Gasteiger partial charge in [-0.05, 0) is 18.6 Å². The summed E-state index contributed by atoms with van der Waals surface area (Å²) in [6.07, 6.45) is -2.91. The van der Waals surface area contributed by atoms with Crippen LogP contribution in [0.15, 0.2) is 12.1 Å². The average molecular weight is 217 g/mol. The smallest absolute Gasteiger partial charge is 0.298 e. The fraction of sp³-hybridized carbons (Fsp3) is 0.400. The second-order valence-corrected chi connectivity index (χ2v) is 3.10. The predicted octanol–water partition coefficient (Wildman–Crippen LogP) is 2.87. The molecule has 1 rings (SSSR count). The summed E-state index contributed by atoms with van der Waals surface area (Å²) in [5.41, 5.74) is -0.510. The van der Waals surface area contributed by atoms with E-state index in [-0.39, 0.29) is 11.3 Å². The van der Waals surface area contributed by atoms with Crippen LogP contribution < -0.4 is 0 Å². The van der Waals surface area contributed by atoms with Crippen molar-refractivity contribution in [3.63, 3.8) is 0 Å². The lowest BCUT2D eigenvalue weighted by atomic mass is 10.1. The zero-order chi connectivity index (χ0) is 11.5. The zero-order valence-electron chi connectivity index (χ0n) is 8.14. The predicted molar refractivity (Wildman–Crippen MR) is 48.6 cm³/mol.